The Kier molecular flexibility index (Phi) is 9.35. The summed E-state index contributed by atoms with van der Waals surface area (Å²) in [4.78, 5) is 25.2. The zero-order valence-electron chi connectivity index (χ0n) is 23.2. The first-order valence-corrected chi connectivity index (χ1v) is 14.4. The van der Waals surface area contributed by atoms with E-state index in [-0.39, 0.29) is 44.5 Å². The van der Waals surface area contributed by atoms with Crippen LogP contribution in [0.4, 0.5) is 17.1 Å². The molecule has 0 saturated heterocycles. The molecule has 44 heavy (non-hydrogen) atoms. The number of ether oxygens (including phenoxy) is 3. The third-order valence-corrected chi connectivity index (χ3v) is 7.48. The summed E-state index contributed by atoms with van der Waals surface area (Å²) >= 11 is 18.4. The molecule has 0 spiro atoms. The number of hydrogen-bond acceptors (Lipinski definition) is 8. The summed E-state index contributed by atoms with van der Waals surface area (Å²) in [5.74, 6) is -0.851. The Bertz CT molecular complexity index is 1880. The molecular weight excluding hydrogens is 627 g/mol. The molecule has 0 aromatic heterocycles. The first-order chi connectivity index (χ1) is 21.1. The number of rotatable bonds is 9. The Morgan fingerprint density at radius 3 is 2.25 bits per heavy atom. The summed E-state index contributed by atoms with van der Waals surface area (Å²) < 4.78 is 16.2. The highest BCUT2D eigenvalue weighted by molar-refractivity contribution is 6.37. The smallest absolute Gasteiger partial charge is 0.349 e. The summed E-state index contributed by atoms with van der Waals surface area (Å²) in [6.45, 7) is 1.47. The molecule has 0 unspecified atom stereocenters. The Balaban J connectivity index is 1.25. The van der Waals surface area contributed by atoms with Gasteiger partial charge in [0, 0.05) is 28.5 Å². The lowest BCUT2D eigenvalue weighted by Crippen LogP contribution is -2.18. The van der Waals surface area contributed by atoms with Crippen LogP contribution in [0.3, 0.4) is 0 Å². The van der Waals surface area contributed by atoms with Crippen molar-refractivity contribution in [1.82, 2.24) is 0 Å². The number of carbonyl (C=O) groups excluding carboxylic acids is 2. The number of nitrogens with two attached hydrogens (primary N) is 1. The van der Waals surface area contributed by atoms with Crippen LogP contribution in [0, 0.1) is 6.92 Å². The molecule has 11 heteroatoms. The van der Waals surface area contributed by atoms with Crippen LogP contribution in [0.15, 0.2) is 84.9 Å². The van der Waals surface area contributed by atoms with E-state index in [0.29, 0.717) is 22.0 Å². The van der Waals surface area contributed by atoms with Crippen LogP contribution in [0.1, 0.15) is 11.1 Å². The predicted octanol–water partition coefficient (Wildman–Crippen LogP) is 8.27. The highest BCUT2D eigenvalue weighted by atomic mass is 35.5. The zero-order chi connectivity index (χ0) is 31.4. The molecule has 5 aromatic carbocycles. The van der Waals surface area contributed by atoms with Crippen LogP contribution in [0.5, 0.6) is 23.0 Å². The van der Waals surface area contributed by atoms with Gasteiger partial charge in [-0.15, -0.1) is 0 Å². The molecule has 0 heterocycles. The molecule has 0 bridgehead atoms. The molecule has 0 saturated carbocycles. The van der Waals surface area contributed by atoms with E-state index in [9.17, 15) is 14.7 Å². The van der Waals surface area contributed by atoms with Crippen LogP contribution < -0.4 is 25.3 Å². The minimum Gasteiger partial charge on any atom is -0.507 e. The van der Waals surface area contributed by atoms with E-state index in [1.807, 2.05) is 37.3 Å². The van der Waals surface area contributed by atoms with E-state index >= 15 is 0 Å². The van der Waals surface area contributed by atoms with Crippen molar-refractivity contribution >= 4 is 74.6 Å². The van der Waals surface area contributed by atoms with Gasteiger partial charge in [0.25, 0.3) is 0 Å². The third kappa shape index (κ3) is 7.29. The Morgan fingerprint density at radius 1 is 0.795 bits per heavy atom. The van der Waals surface area contributed by atoms with Crippen molar-refractivity contribution in [2.45, 2.75) is 13.3 Å². The fourth-order valence-electron chi connectivity index (χ4n) is 4.40. The number of aryl methyl sites for hydroxylation is 1. The van der Waals surface area contributed by atoms with Crippen LogP contribution in [0.2, 0.25) is 15.1 Å². The summed E-state index contributed by atoms with van der Waals surface area (Å²) in [7, 11) is 0. The van der Waals surface area contributed by atoms with Gasteiger partial charge in [0.2, 0.25) is 0 Å². The molecule has 0 aliphatic carbocycles. The van der Waals surface area contributed by atoms with Gasteiger partial charge in [-0.2, -0.15) is 0 Å². The summed E-state index contributed by atoms with van der Waals surface area (Å²) in [5, 5.41) is 15.6. The lowest BCUT2D eigenvalue weighted by atomic mass is 10.0. The number of nitrogen functional groups attached to an aromatic ring is 1. The van der Waals surface area contributed by atoms with Gasteiger partial charge in [-0.3, -0.25) is 4.79 Å². The van der Waals surface area contributed by atoms with E-state index in [1.165, 1.54) is 24.3 Å². The second kappa shape index (κ2) is 13.3. The van der Waals surface area contributed by atoms with E-state index < -0.39 is 18.5 Å². The molecule has 0 aliphatic heterocycles. The van der Waals surface area contributed by atoms with Crippen molar-refractivity contribution in [2.75, 3.05) is 17.7 Å². The molecule has 0 amide bonds. The molecule has 224 valence electrons. The van der Waals surface area contributed by atoms with Gasteiger partial charge < -0.3 is 30.4 Å². The zero-order valence-corrected chi connectivity index (χ0v) is 25.5. The van der Waals surface area contributed by atoms with Crippen molar-refractivity contribution in [2.24, 2.45) is 0 Å². The van der Waals surface area contributed by atoms with Gasteiger partial charge in [-0.05, 0) is 90.2 Å². The van der Waals surface area contributed by atoms with E-state index in [2.05, 4.69) is 5.32 Å². The van der Waals surface area contributed by atoms with Crippen LogP contribution in [-0.4, -0.2) is 23.7 Å². The highest BCUT2D eigenvalue weighted by Crippen LogP contribution is 2.34. The number of nitrogens with one attached hydrogen (secondary N) is 1. The quantitative estimate of drug-likeness (QED) is 0.0828. The average molecular weight is 652 g/mol. The van der Waals surface area contributed by atoms with Crippen molar-refractivity contribution in [3.63, 3.8) is 0 Å². The minimum absolute atomic E-state index is 0.0551. The monoisotopic (exact) mass is 650 g/mol. The summed E-state index contributed by atoms with van der Waals surface area (Å²) in [6.07, 6.45) is -0.101. The van der Waals surface area contributed by atoms with Crippen LogP contribution in [-0.2, 0) is 16.0 Å². The SMILES string of the molecule is Cc1cc(Nc2ccc3c(O)ccc(CC(=O)Oc4ccc(OC(=O)COc5c(Cl)cccc5Cl)cc4Cl)c3c2)ccc1N. The van der Waals surface area contributed by atoms with E-state index in [0.717, 1.165) is 16.9 Å². The molecule has 0 fully saturated rings. The number of anilines is 3. The van der Waals surface area contributed by atoms with Gasteiger partial charge in [-0.25, -0.2) is 4.79 Å². The van der Waals surface area contributed by atoms with E-state index in [1.54, 1.807) is 30.3 Å². The van der Waals surface area contributed by atoms with Gasteiger partial charge in [0.15, 0.2) is 12.4 Å². The van der Waals surface area contributed by atoms with Gasteiger partial charge >= 0.3 is 11.9 Å². The lowest BCUT2D eigenvalue weighted by Gasteiger charge is -2.13. The number of benzene rings is 5. The maximum absolute atomic E-state index is 13.0. The maximum Gasteiger partial charge on any atom is 0.349 e. The molecule has 0 atom stereocenters. The van der Waals surface area contributed by atoms with Crippen molar-refractivity contribution in [3.8, 4) is 23.0 Å². The van der Waals surface area contributed by atoms with Crippen molar-refractivity contribution in [1.29, 1.82) is 0 Å². The topological polar surface area (TPSA) is 120 Å². The Labute approximate surface area is 267 Å². The number of fused-ring (bicyclic) bond motifs is 1. The molecule has 4 N–H and O–H groups in total. The number of carbonyl (C=O) groups is 2. The number of phenols is 1. The second-order valence-electron chi connectivity index (χ2n) is 9.76. The lowest BCUT2D eigenvalue weighted by molar-refractivity contribution is -0.137. The second-order valence-corrected chi connectivity index (χ2v) is 11.0. The van der Waals surface area contributed by atoms with Gasteiger partial charge in [-0.1, -0.05) is 46.9 Å². The maximum atomic E-state index is 13.0. The summed E-state index contributed by atoms with van der Waals surface area (Å²) in [5.41, 5.74) is 9.81. The van der Waals surface area contributed by atoms with Gasteiger partial charge in [0.1, 0.15) is 17.2 Å². The molecule has 0 radical (unpaired) electrons. The average Bonchev–Trinajstić information content (AvgIpc) is 2.98. The molecule has 0 aliphatic rings. The third-order valence-electron chi connectivity index (χ3n) is 6.59. The standard InChI is InChI=1S/C33H25Cl3N2O6/c1-18-13-20(7-10-28(18)37)38-21-6-9-23-24(15-21)19(5-11-29(23)39)14-31(40)44-30-12-8-22(16-27(30)36)43-32(41)17-42-33-25(34)3-2-4-26(33)35/h2-13,15-16,38-39H,14,17,37H2,1H3. The number of aromatic hydroxyl groups is 1. The fourth-order valence-corrected chi connectivity index (χ4v) is 5.11. The minimum atomic E-state index is -0.721. The molecule has 8 nitrogen and oxygen atoms in total. The fraction of sp³-hybridized carbons (Fsp3) is 0.0909. The van der Waals surface area contributed by atoms with Crippen molar-refractivity contribution < 1.29 is 28.9 Å². The number of esters is 2. The summed E-state index contributed by atoms with van der Waals surface area (Å²) in [6, 6.07) is 23.3. The number of hydrogen-bond donors (Lipinski definition) is 3. The van der Waals surface area contributed by atoms with Gasteiger partial charge in [0.05, 0.1) is 21.5 Å². The largest absolute Gasteiger partial charge is 0.507 e. The first kappa shape index (κ1) is 30.8. The normalized spacial score (nSPS) is 10.8. The first-order valence-electron chi connectivity index (χ1n) is 13.2. The van der Waals surface area contributed by atoms with Crippen LogP contribution in [0.25, 0.3) is 10.8 Å². The van der Waals surface area contributed by atoms with Crippen molar-refractivity contribution in [3.05, 3.63) is 111 Å². The van der Waals surface area contributed by atoms with E-state index in [4.69, 9.17) is 54.7 Å². The molecule has 5 rings (SSSR count). The predicted molar refractivity (Wildman–Crippen MR) is 173 cm³/mol. The number of para-hydroxylation sites is 1. The Hall–Kier alpha value is -4.63. The highest BCUT2D eigenvalue weighted by Gasteiger charge is 2.16. The molecule has 5 aromatic rings. The molecular formula is C33H25Cl3N2O6. The number of halogens is 3. The Morgan fingerprint density at radius 2 is 1.52 bits per heavy atom. The van der Waals surface area contributed by atoms with Crippen LogP contribution >= 0.6 is 34.8 Å². The number of phenolic OH excluding ortho intramolecular Hbond substituents is 1.